The van der Waals surface area contributed by atoms with Gasteiger partial charge >= 0.3 is 5.97 Å². The summed E-state index contributed by atoms with van der Waals surface area (Å²) in [6, 6.07) is -1.02. The molecule has 0 saturated heterocycles. The van der Waals surface area contributed by atoms with Crippen molar-refractivity contribution in [3.05, 3.63) is 21.9 Å². The van der Waals surface area contributed by atoms with E-state index in [1.54, 1.807) is 12.3 Å². The van der Waals surface area contributed by atoms with E-state index in [2.05, 4.69) is 10.1 Å². The number of amides is 1. The summed E-state index contributed by atoms with van der Waals surface area (Å²) in [4.78, 5) is 22.8. The Balaban J connectivity index is 2.70. The number of thiophene rings is 1. The van der Waals surface area contributed by atoms with Crippen LogP contribution in [0.2, 0.25) is 0 Å². The first-order valence-electron chi connectivity index (χ1n) is 4.62. The van der Waals surface area contributed by atoms with E-state index >= 15 is 0 Å². The lowest BCUT2D eigenvalue weighted by Crippen LogP contribution is -2.44. The average molecular weight is 243 g/mol. The molecule has 16 heavy (non-hydrogen) atoms. The fraction of sp³-hybridized carbons (Fsp3) is 0.400. The molecule has 1 rings (SSSR count). The number of carbonyl (C=O) groups is 2. The molecule has 1 atom stereocenters. The van der Waals surface area contributed by atoms with Crippen molar-refractivity contribution in [2.24, 2.45) is 0 Å². The van der Waals surface area contributed by atoms with Crippen molar-refractivity contribution in [3.8, 4) is 0 Å². The Labute approximate surface area is 97.0 Å². The lowest BCUT2D eigenvalue weighted by atomic mass is 10.2. The first kappa shape index (κ1) is 12.7. The summed E-state index contributed by atoms with van der Waals surface area (Å²) in [5.41, 5.74) is 1.34. The minimum atomic E-state index is -1.02. The number of aliphatic hydroxyl groups is 1. The fourth-order valence-corrected chi connectivity index (χ4v) is 1.98. The molecule has 0 fully saturated rings. The lowest BCUT2D eigenvalue weighted by Gasteiger charge is -2.13. The maximum absolute atomic E-state index is 11.7. The zero-order valence-corrected chi connectivity index (χ0v) is 9.84. The molecule has 0 aliphatic rings. The predicted octanol–water partition coefficient (Wildman–Crippen LogP) is 0.320. The van der Waals surface area contributed by atoms with E-state index < -0.39 is 18.6 Å². The SMILES string of the molecule is COC(=O)C(CO)NC(=O)c1cscc1C. The molecular weight excluding hydrogens is 230 g/mol. The van der Waals surface area contributed by atoms with Crippen LogP contribution in [0.4, 0.5) is 0 Å². The van der Waals surface area contributed by atoms with Gasteiger partial charge in [0.25, 0.3) is 5.91 Å². The van der Waals surface area contributed by atoms with Crippen LogP contribution in [-0.4, -0.2) is 36.7 Å². The van der Waals surface area contributed by atoms with Crippen LogP contribution in [0.1, 0.15) is 15.9 Å². The van der Waals surface area contributed by atoms with Gasteiger partial charge in [-0.2, -0.15) is 11.3 Å². The van der Waals surface area contributed by atoms with Crippen LogP contribution in [-0.2, 0) is 9.53 Å². The second-order valence-corrected chi connectivity index (χ2v) is 3.94. The molecule has 0 aliphatic carbocycles. The average Bonchev–Trinajstić information content (AvgIpc) is 2.71. The van der Waals surface area contributed by atoms with Crippen LogP contribution in [0.5, 0.6) is 0 Å². The van der Waals surface area contributed by atoms with Gasteiger partial charge in [0.1, 0.15) is 0 Å². The summed E-state index contributed by atoms with van der Waals surface area (Å²) in [5, 5.41) is 14.9. The van der Waals surface area contributed by atoms with Crippen LogP contribution >= 0.6 is 11.3 Å². The number of esters is 1. The third kappa shape index (κ3) is 2.80. The summed E-state index contributed by atoms with van der Waals surface area (Å²) in [6.45, 7) is 1.32. The number of hydrogen-bond acceptors (Lipinski definition) is 5. The van der Waals surface area contributed by atoms with Gasteiger partial charge < -0.3 is 15.2 Å². The molecule has 0 radical (unpaired) electrons. The van der Waals surface area contributed by atoms with Crippen molar-refractivity contribution in [2.75, 3.05) is 13.7 Å². The third-order valence-corrected chi connectivity index (χ3v) is 2.94. The van der Waals surface area contributed by atoms with Crippen molar-refractivity contribution >= 4 is 23.2 Å². The summed E-state index contributed by atoms with van der Waals surface area (Å²) in [6.07, 6.45) is 0. The molecule has 1 unspecified atom stereocenters. The summed E-state index contributed by atoms with van der Waals surface area (Å²) in [7, 11) is 1.20. The number of carbonyl (C=O) groups excluding carboxylic acids is 2. The molecule has 0 spiro atoms. The Morgan fingerprint density at radius 1 is 1.56 bits per heavy atom. The standard InChI is InChI=1S/C10H13NO4S/c1-6-4-16-5-7(6)9(13)11-8(3-12)10(14)15-2/h4-5,8,12H,3H2,1-2H3,(H,11,13). The number of rotatable bonds is 4. The van der Waals surface area contributed by atoms with E-state index in [1.165, 1.54) is 18.4 Å². The first-order chi connectivity index (χ1) is 7.60. The molecule has 1 aromatic rings. The fourth-order valence-electron chi connectivity index (χ4n) is 1.15. The van der Waals surface area contributed by atoms with Gasteiger partial charge in [0.15, 0.2) is 6.04 Å². The number of hydrogen-bond donors (Lipinski definition) is 2. The highest BCUT2D eigenvalue weighted by molar-refractivity contribution is 7.08. The number of aliphatic hydroxyl groups excluding tert-OH is 1. The van der Waals surface area contributed by atoms with Crippen molar-refractivity contribution in [1.82, 2.24) is 5.32 Å². The second kappa shape index (κ2) is 5.62. The zero-order valence-electron chi connectivity index (χ0n) is 9.02. The van der Waals surface area contributed by atoms with Crippen molar-refractivity contribution < 1.29 is 19.4 Å². The molecule has 0 aromatic carbocycles. The van der Waals surface area contributed by atoms with E-state index in [1.807, 2.05) is 5.38 Å². The maximum atomic E-state index is 11.7. The Kier molecular flexibility index (Phi) is 4.45. The molecule has 0 aliphatic heterocycles. The first-order valence-corrected chi connectivity index (χ1v) is 5.56. The largest absolute Gasteiger partial charge is 0.467 e. The van der Waals surface area contributed by atoms with Crippen molar-refractivity contribution in [2.45, 2.75) is 13.0 Å². The second-order valence-electron chi connectivity index (χ2n) is 3.20. The van der Waals surface area contributed by atoms with Gasteiger partial charge in [-0.1, -0.05) is 0 Å². The molecule has 0 saturated carbocycles. The van der Waals surface area contributed by atoms with E-state index in [4.69, 9.17) is 5.11 Å². The number of methoxy groups -OCH3 is 1. The van der Waals surface area contributed by atoms with Crippen molar-refractivity contribution in [3.63, 3.8) is 0 Å². The van der Waals surface area contributed by atoms with Crippen LogP contribution < -0.4 is 5.32 Å². The maximum Gasteiger partial charge on any atom is 0.330 e. The van der Waals surface area contributed by atoms with Crippen LogP contribution in [0.25, 0.3) is 0 Å². The van der Waals surface area contributed by atoms with E-state index in [0.29, 0.717) is 5.56 Å². The quantitative estimate of drug-likeness (QED) is 0.747. The summed E-state index contributed by atoms with van der Waals surface area (Å²) < 4.78 is 4.44. The van der Waals surface area contributed by atoms with Crippen LogP contribution in [0.15, 0.2) is 10.8 Å². The highest BCUT2D eigenvalue weighted by Crippen LogP contribution is 2.13. The highest BCUT2D eigenvalue weighted by Gasteiger charge is 2.21. The van der Waals surface area contributed by atoms with Gasteiger partial charge in [0.2, 0.25) is 0 Å². The van der Waals surface area contributed by atoms with Crippen molar-refractivity contribution in [1.29, 1.82) is 0 Å². The smallest absolute Gasteiger partial charge is 0.330 e. The predicted molar refractivity (Wildman–Crippen MR) is 59.4 cm³/mol. The van der Waals surface area contributed by atoms with E-state index in [0.717, 1.165) is 5.56 Å². The molecule has 1 aromatic heterocycles. The molecule has 5 nitrogen and oxygen atoms in total. The van der Waals surface area contributed by atoms with Gasteiger partial charge in [-0.3, -0.25) is 4.79 Å². The highest BCUT2D eigenvalue weighted by atomic mass is 32.1. The Hall–Kier alpha value is -1.40. The van der Waals surface area contributed by atoms with Gasteiger partial charge in [0, 0.05) is 5.38 Å². The van der Waals surface area contributed by atoms with Crippen LogP contribution in [0, 0.1) is 6.92 Å². The Morgan fingerprint density at radius 2 is 2.25 bits per heavy atom. The molecule has 0 bridgehead atoms. The molecule has 6 heteroatoms. The summed E-state index contributed by atoms with van der Waals surface area (Å²) >= 11 is 1.40. The monoisotopic (exact) mass is 243 g/mol. The van der Waals surface area contributed by atoms with Gasteiger partial charge in [-0.05, 0) is 17.9 Å². The topological polar surface area (TPSA) is 75.6 Å². The normalized spacial score (nSPS) is 11.9. The molecule has 1 heterocycles. The minimum Gasteiger partial charge on any atom is -0.467 e. The Morgan fingerprint density at radius 3 is 2.69 bits per heavy atom. The van der Waals surface area contributed by atoms with Crippen LogP contribution in [0.3, 0.4) is 0 Å². The van der Waals surface area contributed by atoms with E-state index in [9.17, 15) is 9.59 Å². The molecule has 2 N–H and O–H groups in total. The van der Waals surface area contributed by atoms with Gasteiger partial charge in [0.05, 0.1) is 19.3 Å². The zero-order chi connectivity index (χ0) is 12.1. The Bertz CT molecular complexity index is 388. The number of aryl methyl sites for hydroxylation is 1. The van der Waals surface area contributed by atoms with E-state index in [-0.39, 0.29) is 5.91 Å². The molecule has 88 valence electrons. The number of nitrogens with one attached hydrogen (secondary N) is 1. The number of ether oxygens (including phenoxy) is 1. The van der Waals surface area contributed by atoms with Gasteiger partial charge in [-0.15, -0.1) is 0 Å². The molecular formula is C10H13NO4S. The minimum absolute atomic E-state index is 0.386. The lowest BCUT2D eigenvalue weighted by molar-refractivity contribution is -0.143. The summed E-state index contributed by atoms with van der Waals surface area (Å²) in [5.74, 6) is -1.05. The molecule has 1 amide bonds. The third-order valence-electron chi connectivity index (χ3n) is 2.07. The van der Waals surface area contributed by atoms with Gasteiger partial charge in [-0.25, -0.2) is 4.79 Å².